The fraction of sp³-hybridized carbons (Fsp3) is 0.455. The zero-order chi connectivity index (χ0) is 17.6. The van der Waals surface area contributed by atoms with E-state index >= 15 is 0 Å². The molecule has 1 heterocycles. The molecule has 0 saturated heterocycles. The van der Waals surface area contributed by atoms with Crippen LogP contribution in [-0.4, -0.2) is 0 Å². The average molecular weight is 353 g/mol. The van der Waals surface area contributed by atoms with Gasteiger partial charge in [0.2, 0.25) is 5.12 Å². The van der Waals surface area contributed by atoms with Gasteiger partial charge in [0, 0.05) is 16.3 Å². The number of hydrogen-bond donors (Lipinski definition) is 0. The molecule has 0 spiro atoms. The van der Waals surface area contributed by atoms with Gasteiger partial charge in [0.25, 0.3) is 0 Å². The van der Waals surface area contributed by atoms with Crippen LogP contribution in [0.1, 0.15) is 69.9 Å². The molecule has 1 aromatic heterocycles. The topological polar surface area (TPSA) is 30.2 Å². The number of benzene rings is 2. The van der Waals surface area contributed by atoms with Gasteiger partial charge >= 0.3 is 7.65 Å². The van der Waals surface area contributed by atoms with E-state index in [0.29, 0.717) is 5.92 Å². The Morgan fingerprint density at radius 3 is 2.44 bits per heavy atom. The van der Waals surface area contributed by atoms with E-state index in [1.807, 2.05) is 18.2 Å². The van der Waals surface area contributed by atoms with Gasteiger partial charge < -0.3 is 0 Å². The van der Waals surface area contributed by atoms with Gasteiger partial charge in [0.1, 0.15) is 0 Å². The summed E-state index contributed by atoms with van der Waals surface area (Å²) in [5, 5.41) is 3.15. The first kappa shape index (κ1) is 16.8. The lowest BCUT2D eigenvalue weighted by Gasteiger charge is -2.25. The summed E-state index contributed by atoms with van der Waals surface area (Å²) in [7, 11) is -1.84. The Labute approximate surface area is 150 Å². The highest BCUT2D eigenvalue weighted by Crippen LogP contribution is 2.45. The van der Waals surface area contributed by atoms with Crippen LogP contribution in [0.5, 0.6) is 0 Å². The molecule has 2 nitrogen and oxygen atoms in total. The molecule has 0 bridgehead atoms. The maximum atomic E-state index is 13.0. The fourth-order valence-corrected chi connectivity index (χ4v) is 5.40. The maximum absolute atomic E-state index is 13.0. The molecule has 130 valence electrons. The Hall–Kier alpha value is -1.66. The summed E-state index contributed by atoms with van der Waals surface area (Å²) in [4.78, 5) is 0. The van der Waals surface area contributed by atoms with Crippen molar-refractivity contribution in [3.8, 4) is 0 Å². The lowest BCUT2D eigenvalue weighted by atomic mass is 9.79. The van der Waals surface area contributed by atoms with Crippen LogP contribution in [0.2, 0.25) is 0 Å². The van der Waals surface area contributed by atoms with Gasteiger partial charge in [-0.25, -0.2) is 4.20 Å². The molecular weight excluding hydrogens is 327 g/mol. The first-order chi connectivity index (χ1) is 11.9. The molecule has 1 saturated carbocycles. The van der Waals surface area contributed by atoms with Crippen molar-refractivity contribution in [1.82, 2.24) is 0 Å². The van der Waals surface area contributed by atoms with Crippen LogP contribution in [0, 0.1) is 0 Å². The monoisotopic (exact) mass is 353 g/mol. The molecule has 1 aliphatic rings. The van der Waals surface area contributed by atoms with Gasteiger partial charge in [-0.05, 0) is 46.4 Å². The molecule has 1 atom stereocenters. The van der Waals surface area contributed by atoms with Gasteiger partial charge in [-0.1, -0.05) is 64.3 Å². The zero-order valence-corrected chi connectivity index (χ0v) is 16.2. The molecule has 4 rings (SSSR count). The van der Waals surface area contributed by atoms with Gasteiger partial charge in [0.05, 0.1) is 0 Å². The Bertz CT molecular complexity index is 988. The molecule has 25 heavy (non-hydrogen) atoms. The average Bonchev–Trinajstić information content (AvgIpc) is 2.61. The minimum absolute atomic E-state index is 0.0668. The molecule has 0 aliphatic heterocycles. The smallest absolute Gasteiger partial charge is 0.250 e. The van der Waals surface area contributed by atoms with Crippen molar-refractivity contribution in [2.75, 3.05) is 0 Å². The van der Waals surface area contributed by atoms with E-state index in [-0.39, 0.29) is 5.41 Å². The molecule has 0 amide bonds. The minimum Gasteiger partial charge on any atom is -0.250 e. The molecule has 3 aromatic rings. The van der Waals surface area contributed by atoms with Gasteiger partial charge in [-0.3, -0.25) is 0 Å². The second kappa shape index (κ2) is 6.25. The quantitative estimate of drug-likeness (QED) is 0.420. The summed E-state index contributed by atoms with van der Waals surface area (Å²) >= 11 is 0. The number of para-hydroxylation sites is 1. The van der Waals surface area contributed by atoms with Crippen molar-refractivity contribution in [2.24, 2.45) is 0 Å². The van der Waals surface area contributed by atoms with Gasteiger partial charge in [0.15, 0.2) is 5.58 Å². The standard InChI is InChI=1S/C22H26O2P/c1-22(2,3)16-13-18(15-9-5-4-6-10-15)21-19(14-16)17-11-7-8-12-20(17)24-25(21)23/h7-8,11-15H,4-6,9-10H2,1-3H3/q+1. The van der Waals surface area contributed by atoms with Crippen LogP contribution in [0.15, 0.2) is 40.6 Å². The number of fused-ring (bicyclic) bond motifs is 3. The lowest BCUT2D eigenvalue weighted by molar-refractivity contribution is 0.444. The van der Waals surface area contributed by atoms with Crippen molar-refractivity contribution in [1.29, 1.82) is 0 Å². The van der Waals surface area contributed by atoms with Crippen molar-refractivity contribution in [3.05, 3.63) is 47.5 Å². The SMILES string of the molecule is CC(C)(C)c1cc(C2CCCCC2)c2c(c1)c1ccccc1o[p+]2=O. The van der Waals surface area contributed by atoms with Crippen LogP contribution < -0.4 is 0 Å². The van der Waals surface area contributed by atoms with E-state index < -0.39 is 7.65 Å². The Morgan fingerprint density at radius 1 is 1.00 bits per heavy atom. The molecule has 1 fully saturated rings. The van der Waals surface area contributed by atoms with Crippen molar-refractivity contribution < 1.29 is 8.76 Å². The van der Waals surface area contributed by atoms with E-state index in [4.69, 9.17) is 4.20 Å². The highest BCUT2D eigenvalue weighted by atomic mass is 31.1. The van der Waals surface area contributed by atoms with Gasteiger partial charge in [-0.2, -0.15) is 0 Å². The second-order valence-corrected chi connectivity index (χ2v) is 9.54. The molecular formula is C22H26O2P+. The molecule has 2 aromatic carbocycles. The predicted octanol–water partition coefficient (Wildman–Crippen LogP) is 7.67. The third kappa shape index (κ3) is 3.02. The lowest BCUT2D eigenvalue weighted by Crippen LogP contribution is -2.13. The highest BCUT2D eigenvalue weighted by molar-refractivity contribution is 7.37. The second-order valence-electron chi connectivity index (χ2n) is 8.39. The first-order valence-corrected chi connectivity index (χ1v) is 10.6. The van der Waals surface area contributed by atoms with E-state index in [2.05, 4.69) is 39.0 Å². The van der Waals surface area contributed by atoms with Crippen molar-refractivity contribution >= 4 is 29.1 Å². The molecule has 1 unspecified atom stereocenters. The van der Waals surface area contributed by atoms with E-state index in [9.17, 15) is 4.57 Å². The Kier molecular flexibility index (Phi) is 4.20. The summed E-state index contributed by atoms with van der Waals surface area (Å²) < 4.78 is 18.8. The van der Waals surface area contributed by atoms with Crippen molar-refractivity contribution in [3.63, 3.8) is 0 Å². The molecule has 3 heteroatoms. The van der Waals surface area contributed by atoms with Crippen molar-refractivity contribution in [2.45, 2.75) is 64.2 Å². The van der Waals surface area contributed by atoms with Crippen LogP contribution in [0.25, 0.3) is 21.5 Å². The first-order valence-electron chi connectivity index (χ1n) is 9.38. The van der Waals surface area contributed by atoms with E-state index in [1.54, 1.807) is 0 Å². The zero-order valence-electron chi connectivity index (χ0n) is 15.3. The Morgan fingerprint density at radius 2 is 1.72 bits per heavy atom. The van der Waals surface area contributed by atoms with Crippen LogP contribution in [0.4, 0.5) is 0 Å². The summed E-state index contributed by atoms with van der Waals surface area (Å²) in [6.45, 7) is 6.76. The largest absolute Gasteiger partial charge is 0.598 e. The summed E-state index contributed by atoms with van der Waals surface area (Å²) in [5.74, 6) is 0.512. The van der Waals surface area contributed by atoms with Crippen LogP contribution in [0.3, 0.4) is 0 Å². The van der Waals surface area contributed by atoms with E-state index in [1.165, 1.54) is 43.2 Å². The summed E-state index contributed by atoms with van der Waals surface area (Å²) in [6, 6.07) is 12.6. The molecule has 0 radical (unpaired) electrons. The van der Waals surface area contributed by atoms with Gasteiger partial charge in [-0.15, -0.1) is 0 Å². The Balaban J connectivity index is 2.11. The number of hydrogen-bond acceptors (Lipinski definition) is 2. The highest BCUT2D eigenvalue weighted by Gasteiger charge is 2.29. The normalized spacial score (nSPS) is 17.3. The number of rotatable bonds is 1. The summed E-state index contributed by atoms with van der Waals surface area (Å²) in [6.07, 6.45) is 6.26. The fourth-order valence-electron chi connectivity index (χ4n) is 4.13. The predicted molar refractivity (Wildman–Crippen MR) is 106 cm³/mol. The third-order valence-electron chi connectivity index (χ3n) is 5.59. The van der Waals surface area contributed by atoms with Crippen LogP contribution >= 0.6 is 7.65 Å². The summed E-state index contributed by atoms with van der Waals surface area (Å²) in [5.41, 5.74) is 3.42. The maximum Gasteiger partial charge on any atom is 0.598 e. The van der Waals surface area contributed by atoms with E-state index in [0.717, 1.165) is 21.5 Å². The third-order valence-corrected chi connectivity index (χ3v) is 6.82. The molecule has 0 N–H and O–H groups in total. The molecule has 1 aliphatic carbocycles. The van der Waals surface area contributed by atoms with Crippen LogP contribution in [-0.2, 0) is 9.98 Å². The minimum atomic E-state index is -1.84.